The molecule has 19 heavy (non-hydrogen) atoms. The Morgan fingerprint density at radius 2 is 1.58 bits per heavy atom. The first kappa shape index (κ1) is 13.2. The van der Waals surface area contributed by atoms with Gasteiger partial charge in [0.2, 0.25) is 0 Å². The van der Waals surface area contributed by atoms with E-state index in [0.717, 1.165) is 30.8 Å². The van der Waals surface area contributed by atoms with Crippen LogP contribution in [0.15, 0.2) is 0 Å². The van der Waals surface area contributed by atoms with Gasteiger partial charge in [-0.15, -0.1) is 0 Å². The average molecular weight is 266 g/mol. The zero-order valence-corrected chi connectivity index (χ0v) is 11.7. The van der Waals surface area contributed by atoms with Gasteiger partial charge in [-0.25, -0.2) is 4.79 Å². The van der Waals surface area contributed by atoms with Crippen molar-refractivity contribution in [3.8, 4) is 0 Å². The number of hydrogen-bond acceptors (Lipinski definition) is 2. The summed E-state index contributed by atoms with van der Waals surface area (Å²) in [4.78, 5) is 10.3. The molecule has 4 aliphatic carbocycles. The molecular formula is C15H26N2O2. The molecule has 0 atom stereocenters. The lowest BCUT2D eigenvalue weighted by Crippen LogP contribution is -2.47. The zero-order chi connectivity index (χ0) is 13.3. The number of carboxylic acid groups (broad SMARTS) is 1. The summed E-state index contributed by atoms with van der Waals surface area (Å²) in [5.74, 6) is 3.08. The molecule has 4 rings (SSSR count). The molecule has 4 fully saturated rings. The summed E-state index contributed by atoms with van der Waals surface area (Å²) in [6.07, 6.45) is 9.29. The fourth-order valence-corrected chi connectivity index (χ4v) is 5.33. The smallest absolute Gasteiger partial charge is 0.404 e. The monoisotopic (exact) mass is 266 g/mol. The van der Waals surface area contributed by atoms with Crippen molar-refractivity contribution in [3.63, 3.8) is 0 Å². The Hall–Kier alpha value is -0.770. The molecule has 4 saturated carbocycles. The lowest BCUT2D eigenvalue weighted by atomic mass is 9.49. The molecular weight excluding hydrogens is 240 g/mol. The van der Waals surface area contributed by atoms with Crippen LogP contribution in [0.4, 0.5) is 4.79 Å². The summed E-state index contributed by atoms with van der Waals surface area (Å²) in [5.41, 5.74) is 0.641. The summed E-state index contributed by atoms with van der Waals surface area (Å²) < 4.78 is 0. The van der Waals surface area contributed by atoms with Crippen molar-refractivity contribution in [1.82, 2.24) is 10.6 Å². The lowest BCUT2D eigenvalue weighted by molar-refractivity contribution is -0.0567. The molecule has 108 valence electrons. The Morgan fingerprint density at radius 3 is 2.11 bits per heavy atom. The van der Waals surface area contributed by atoms with E-state index < -0.39 is 6.09 Å². The normalized spacial score (nSPS) is 39.5. The van der Waals surface area contributed by atoms with Crippen LogP contribution in [0.5, 0.6) is 0 Å². The minimum absolute atomic E-state index is 0.510. The van der Waals surface area contributed by atoms with Gasteiger partial charge in [0, 0.05) is 13.1 Å². The highest BCUT2D eigenvalue weighted by Gasteiger charge is 2.50. The summed E-state index contributed by atoms with van der Waals surface area (Å²) in [6, 6.07) is 0. The van der Waals surface area contributed by atoms with Gasteiger partial charge in [-0.1, -0.05) is 0 Å². The predicted octanol–water partition coefficient (Wildman–Crippen LogP) is 2.45. The summed E-state index contributed by atoms with van der Waals surface area (Å²) >= 11 is 0. The third-order valence-corrected chi connectivity index (χ3v) is 5.58. The van der Waals surface area contributed by atoms with Crippen molar-refractivity contribution in [2.24, 2.45) is 23.2 Å². The van der Waals surface area contributed by atoms with Gasteiger partial charge >= 0.3 is 6.09 Å². The Balaban J connectivity index is 1.39. The minimum Gasteiger partial charge on any atom is -0.465 e. The van der Waals surface area contributed by atoms with Gasteiger partial charge in [0.05, 0.1) is 0 Å². The van der Waals surface area contributed by atoms with Crippen molar-refractivity contribution >= 4 is 6.09 Å². The molecule has 1 amide bonds. The lowest BCUT2D eigenvalue weighted by Gasteiger charge is -2.57. The Labute approximate surface area is 115 Å². The molecule has 4 nitrogen and oxygen atoms in total. The predicted molar refractivity (Wildman–Crippen MR) is 74.1 cm³/mol. The third-order valence-electron chi connectivity index (χ3n) is 5.58. The summed E-state index contributed by atoms with van der Waals surface area (Å²) in [6.45, 7) is 2.31. The van der Waals surface area contributed by atoms with Crippen molar-refractivity contribution in [3.05, 3.63) is 0 Å². The fourth-order valence-electron chi connectivity index (χ4n) is 5.33. The maximum atomic E-state index is 10.3. The van der Waals surface area contributed by atoms with E-state index in [2.05, 4.69) is 10.6 Å². The van der Waals surface area contributed by atoms with E-state index in [1.54, 1.807) is 0 Å². The molecule has 0 aliphatic heterocycles. The highest BCUT2D eigenvalue weighted by Crippen LogP contribution is 2.61. The standard InChI is InChI=1S/C15H26N2O2/c18-14(19)17-4-3-16-2-1-15-8-11-5-12(9-15)7-13(6-11)10-15/h11-13,16-17H,1-10H2,(H,18,19). The van der Waals surface area contributed by atoms with Crippen LogP contribution in [0.1, 0.15) is 44.9 Å². The van der Waals surface area contributed by atoms with E-state index in [1.165, 1.54) is 44.9 Å². The second-order valence-electron chi connectivity index (χ2n) is 7.15. The van der Waals surface area contributed by atoms with Crippen LogP contribution in [0, 0.1) is 23.2 Å². The van der Waals surface area contributed by atoms with Crippen molar-refractivity contribution in [1.29, 1.82) is 0 Å². The average Bonchev–Trinajstić information content (AvgIpc) is 2.31. The first-order chi connectivity index (χ1) is 9.15. The number of nitrogens with one attached hydrogen (secondary N) is 2. The number of hydrogen-bond donors (Lipinski definition) is 3. The molecule has 0 radical (unpaired) electrons. The molecule has 4 heteroatoms. The van der Waals surface area contributed by atoms with Crippen LogP contribution in [0.2, 0.25) is 0 Å². The van der Waals surface area contributed by atoms with Crippen LogP contribution >= 0.6 is 0 Å². The van der Waals surface area contributed by atoms with Gasteiger partial charge in [-0.05, 0) is 74.7 Å². The number of rotatable bonds is 6. The second-order valence-corrected chi connectivity index (χ2v) is 7.15. The van der Waals surface area contributed by atoms with Crippen LogP contribution in [-0.2, 0) is 0 Å². The zero-order valence-electron chi connectivity index (χ0n) is 11.7. The van der Waals surface area contributed by atoms with E-state index in [9.17, 15) is 4.79 Å². The van der Waals surface area contributed by atoms with Gasteiger partial charge in [-0.3, -0.25) is 0 Å². The third kappa shape index (κ3) is 3.04. The van der Waals surface area contributed by atoms with Crippen molar-refractivity contribution in [2.45, 2.75) is 44.9 Å². The van der Waals surface area contributed by atoms with Crippen LogP contribution in [-0.4, -0.2) is 30.8 Å². The number of carbonyl (C=O) groups is 1. The highest BCUT2D eigenvalue weighted by molar-refractivity contribution is 5.64. The maximum absolute atomic E-state index is 10.3. The molecule has 4 bridgehead atoms. The Kier molecular flexibility index (Phi) is 3.70. The van der Waals surface area contributed by atoms with Crippen LogP contribution in [0.25, 0.3) is 0 Å². The van der Waals surface area contributed by atoms with E-state index in [-0.39, 0.29) is 0 Å². The van der Waals surface area contributed by atoms with Crippen LogP contribution < -0.4 is 10.6 Å². The van der Waals surface area contributed by atoms with E-state index in [0.29, 0.717) is 12.0 Å². The molecule has 0 aromatic rings. The first-order valence-corrected chi connectivity index (χ1v) is 7.83. The van der Waals surface area contributed by atoms with E-state index >= 15 is 0 Å². The summed E-state index contributed by atoms with van der Waals surface area (Å²) in [7, 11) is 0. The van der Waals surface area contributed by atoms with E-state index in [1.807, 2.05) is 0 Å². The molecule has 4 aliphatic rings. The quantitative estimate of drug-likeness (QED) is 0.647. The minimum atomic E-state index is -0.928. The number of amides is 1. The van der Waals surface area contributed by atoms with E-state index in [4.69, 9.17) is 5.11 Å². The highest BCUT2D eigenvalue weighted by atomic mass is 16.4. The van der Waals surface area contributed by atoms with Gasteiger partial charge < -0.3 is 15.7 Å². The molecule has 0 heterocycles. The van der Waals surface area contributed by atoms with Crippen molar-refractivity contribution in [2.75, 3.05) is 19.6 Å². The van der Waals surface area contributed by atoms with Gasteiger partial charge in [0.25, 0.3) is 0 Å². The SMILES string of the molecule is O=C(O)NCCNCCC12CC3CC(CC(C3)C1)C2. The Morgan fingerprint density at radius 1 is 1.00 bits per heavy atom. The molecule has 0 spiro atoms. The maximum Gasteiger partial charge on any atom is 0.404 e. The van der Waals surface area contributed by atoms with Crippen LogP contribution in [0.3, 0.4) is 0 Å². The summed E-state index contributed by atoms with van der Waals surface area (Å²) in [5, 5.41) is 14.3. The molecule has 0 aromatic heterocycles. The topological polar surface area (TPSA) is 61.4 Å². The van der Waals surface area contributed by atoms with Gasteiger partial charge in [-0.2, -0.15) is 0 Å². The van der Waals surface area contributed by atoms with Crippen molar-refractivity contribution < 1.29 is 9.90 Å². The first-order valence-electron chi connectivity index (χ1n) is 7.83. The molecule has 3 N–H and O–H groups in total. The molecule has 0 unspecified atom stereocenters. The second kappa shape index (κ2) is 5.31. The van der Waals surface area contributed by atoms with Gasteiger partial charge in [0.15, 0.2) is 0 Å². The Bertz CT molecular complexity index is 308. The molecule has 0 aromatic carbocycles. The largest absolute Gasteiger partial charge is 0.465 e. The molecule has 0 saturated heterocycles. The van der Waals surface area contributed by atoms with Gasteiger partial charge in [0.1, 0.15) is 0 Å². The fraction of sp³-hybridized carbons (Fsp3) is 0.933.